The van der Waals surface area contributed by atoms with Crippen LogP contribution in [-0.2, 0) is 0 Å². The molecule has 154 valence electrons. The molecule has 0 saturated carbocycles. The molecule has 1 fully saturated rings. The molecule has 0 aliphatic carbocycles. The molecular formula is C23H28ClN3O2. The largest absolute Gasteiger partial charge is 0.491 e. The SMILES string of the molecule is Cc1ccccc1OCC(O)CN1CCC(n2c(C)nc3cc(Cl)ccc32)CC1. The van der Waals surface area contributed by atoms with E-state index < -0.39 is 6.10 Å². The highest BCUT2D eigenvalue weighted by Gasteiger charge is 2.24. The maximum Gasteiger partial charge on any atom is 0.122 e. The molecule has 4 rings (SSSR count). The predicted molar refractivity (Wildman–Crippen MR) is 117 cm³/mol. The Balaban J connectivity index is 1.32. The average molecular weight is 414 g/mol. The van der Waals surface area contributed by atoms with Crippen molar-refractivity contribution in [3.05, 3.63) is 58.9 Å². The molecule has 1 N–H and O–H groups in total. The molecule has 1 atom stereocenters. The summed E-state index contributed by atoms with van der Waals surface area (Å²) < 4.78 is 8.14. The van der Waals surface area contributed by atoms with Crippen LogP contribution in [0.2, 0.25) is 5.02 Å². The molecule has 1 aromatic heterocycles. The lowest BCUT2D eigenvalue weighted by molar-refractivity contribution is 0.0558. The second kappa shape index (κ2) is 8.74. The van der Waals surface area contributed by atoms with Gasteiger partial charge in [0, 0.05) is 30.7 Å². The number of piperidine rings is 1. The molecule has 1 aliphatic heterocycles. The van der Waals surface area contributed by atoms with Crippen molar-refractivity contribution in [2.24, 2.45) is 0 Å². The van der Waals surface area contributed by atoms with E-state index in [1.54, 1.807) is 0 Å². The minimum absolute atomic E-state index is 0.316. The van der Waals surface area contributed by atoms with Gasteiger partial charge in [-0.1, -0.05) is 29.8 Å². The van der Waals surface area contributed by atoms with E-state index in [0.717, 1.165) is 59.1 Å². The Morgan fingerprint density at radius 1 is 1.17 bits per heavy atom. The van der Waals surface area contributed by atoms with Crippen molar-refractivity contribution in [1.29, 1.82) is 0 Å². The lowest BCUT2D eigenvalue weighted by Gasteiger charge is -2.34. The minimum Gasteiger partial charge on any atom is -0.491 e. The van der Waals surface area contributed by atoms with Crippen molar-refractivity contribution < 1.29 is 9.84 Å². The van der Waals surface area contributed by atoms with Crippen LogP contribution in [0.25, 0.3) is 11.0 Å². The van der Waals surface area contributed by atoms with E-state index in [1.807, 2.05) is 43.3 Å². The van der Waals surface area contributed by atoms with Crippen LogP contribution in [0.3, 0.4) is 0 Å². The molecular weight excluding hydrogens is 386 g/mol. The fraction of sp³-hybridized carbons (Fsp3) is 0.435. The number of halogens is 1. The zero-order valence-corrected chi connectivity index (χ0v) is 17.8. The molecule has 6 heteroatoms. The first-order valence-corrected chi connectivity index (χ1v) is 10.6. The Hall–Kier alpha value is -2.08. The van der Waals surface area contributed by atoms with E-state index in [9.17, 15) is 5.11 Å². The first-order chi connectivity index (χ1) is 14.0. The van der Waals surface area contributed by atoms with Gasteiger partial charge in [0.25, 0.3) is 0 Å². The van der Waals surface area contributed by atoms with E-state index in [2.05, 4.69) is 27.4 Å². The van der Waals surface area contributed by atoms with Gasteiger partial charge in [-0.15, -0.1) is 0 Å². The number of aliphatic hydroxyl groups is 1. The van der Waals surface area contributed by atoms with Crippen LogP contribution >= 0.6 is 11.6 Å². The number of ether oxygens (including phenoxy) is 1. The Morgan fingerprint density at radius 3 is 2.69 bits per heavy atom. The molecule has 3 aromatic rings. The normalized spacial score (nSPS) is 17.0. The highest BCUT2D eigenvalue weighted by molar-refractivity contribution is 6.31. The first-order valence-electron chi connectivity index (χ1n) is 10.2. The summed E-state index contributed by atoms with van der Waals surface area (Å²) in [5.41, 5.74) is 3.20. The topological polar surface area (TPSA) is 50.5 Å². The van der Waals surface area contributed by atoms with E-state index in [-0.39, 0.29) is 0 Å². The first kappa shape index (κ1) is 20.2. The number of imidazole rings is 1. The summed E-state index contributed by atoms with van der Waals surface area (Å²) in [4.78, 5) is 7.01. The Labute approximate surface area is 176 Å². The molecule has 1 aliphatic rings. The second-order valence-electron chi connectivity index (χ2n) is 7.92. The van der Waals surface area contributed by atoms with Crippen LogP contribution in [-0.4, -0.2) is 51.9 Å². The Kier molecular flexibility index (Phi) is 6.09. The number of aromatic nitrogens is 2. The smallest absolute Gasteiger partial charge is 0.122 e. The van der Waals surface area contributed by atoms with Gasteiger partial charge in [0.15, 0.2) is 0 Å². The fourth-order valence-electron chi connectivity index (χ4n) is 4.27. The zero-order valence-electron chi connectivity index (χ0n) is 17.0. The molecule has 0 bridgehead atoms. The molecule has 29 heavy (non-hydrogen) atoms. The van der Waals surface area contributed by atoms with Crippen LogP contribution < -0.4 is 4.74 Å². The zero-order chi connectivity index (χ0) is 20.4. The molecule has 2 heterocycles. The average Bonchev–Trinajstić information content (AvgIpc) is 3.03. The summed E-state index contributed by atoms with van der Waals surface area (Å²) in [6.45, 7) is 6.95. The van der Waals surface area contributed by atoms with Crippen LogP contribution in [0.4, 0.5) is 0 Å². The molecule has 1 unspecified atom stereocenters. The van der Waals surface area contributed by atoms with Crippen molar-refractivity contribution in [3.8, 4) is 5.75 Å². The van der Waals surface area contributed by atoms with Gasteiger partial charge >= 0.3 is 0 Å². The van der Waals surface area contributed by atoms with Crippen LogP contribution in [0.15, 0.2) is 42.5 Å². The lowest BCUT2D eigenvalue weighted by atomic mass is 10.0. The number of rotatable bonds is 6. The number of aliphatic hydroxyl groups excluding tert-OH is 1. The van der Waals surface area contributed by atoms with Gasteiger partial charge in [-0.3, -0.25) is 0 Å². The number of nitrogens with zero attached hydrogens (tertiary/aromatic N) is 3. The summed E-state index contributed by atoms with van der Waals surface area (Å²) >= 11 is 6.12. The summed E-state index contributed by atoms with van der Waals surface area (Å²) in [5, 5.41) is 11.1. The number of hydrogen-bond acceptors (Lipinski definition) is 4. The lowest BCUT2D eigenvalue weighted by Crippen LogP contribution is -2.41. The third-order valence-electron chi connectivity index (χ3n) is 5.74. The third kappa shape index (κ3) is 4.58. The molecule has 0 amide bonds. The van der Waals surface area contributed by atoms with E-state index >= 15 is 0 Å². The van der Waals surface area contributed by atoms with Crippen LogP contribution in [0.5, 0.6) is 5.75 Å². The quantitative estimate of drug-likeness (QED) is 0.651. The molecule has 5 nitrogen and oxygen atoms in total. The standard InChI is InChI=1S/C23H28ClN3O2/c1-16-5-3-4-6-23(16)29-15-20(28)14-26-11-9-19(10-12-26)27-17(2)25-21-13-18(24)7-8-22(21)27/h3-8,13,19-20,28H,9-12,14-15H2,1-2H3. The maximum absolute atomic E-state index is 10.4. The van der Waals surface area contributed by atoms with Crippen LogP contribution in [0.1, 0.15) is 30.3 Å². The number of fused-ring (bicyclic) bond motifs is 1. The summed E-state index contributed by atoms with van der Waals surface area (Å²) in [6, 6.07) is 14.3. The number of para-hydroxylation sites is 1. The number of hydrogen-bond donors (Lipinski definition) is 1. The van der Waals surface area contributed by atoms with Gasteiger partial charge in [-0.25, -0.2) is 4.98 Å². The van der Waals surface area contributed by atoms with Gasteiger partial charge in [0.1, 0.15) is 24.3 Å². The van der Waals surface area contributed by atoms with Crippen molar-refractivity contribution in [3.63, 3.8) is 0 Å². The number of benzene rings is 2. The second-order valence-corrected chi connectivity index (χ2v) is 8.36. The minimum atomic E-state index is -0.496. The predicted octanol–water partition coefficient (Wildman–Crippen LogP) is 4.38. The number of β-amino-alcohol motifs (C(OH)–C–C–N with tert-alkyl or cyclic N) is 1. The van der Waals surface area contributed by atoms with Gasteiger partial charge < -0.3 is 19.3 Å². The summed E-state index contributed by atoms with van der Waals surface area (Å²) in [6.07, 6.45) is 1.59. The maximum atomic E-state index is 10.4. The van der Waals surface area contributed by atoms with Gasteiger partial charge in [0.2, 0.25) is 0 Å². The summed E-state index contributed by atoms with van der Waals surface area (Å²) in [7, 11) is 0. The Morgan fingerprint density at radius 2 is 1.93 bits per heavy atom. The van der Waals surface area contributed by atoms with E-state index in [1.165, 1.54) is 0 Å². The van der Waals surface area contributed by atoms with E-state index in [4.69, 9.17) is 16.3 Å². The van der Waals surface area contributed by atoms with Crippen molar-refractivity contribution >= 4 is 22.6 Å². The molecule has 1 saturated heterocycles. The highest BCUT2D eigenvalue weighted by atomic mass is 35.5. The highest BCUT2D eigenvalue weighted by Crippen LogP contribution is 2.30. The molecule has 0 radical (unpaired) electrons. The van der Waals surface area contributed by atoms with Crippen molar-refractivity contribution in [2.45, 2.75) is 38.8 Å². The van der Waals surface area contributed by atoms with Gasteiger partial charge in [-0.05, 0) is 56.5 Å². The van der Waals surface area contributed by atoms with Gasteiger partial charge in [-0.2, -0.15) is 0 Å². The van der Waals surface area contributed by atoms with Crippen LogP contribution in [0, 0.1) is 13.8 Å². The van der Waals surface area contributed by atoms with Gasteiger partial charge in [0.05, 0.1) is 11.0 Å². The third-order valence-corrected chi connectivity index (χ3v) is 5.98. The molecule has 2 aromatic carbocycles. The monoisotopic (exact) mass is 413 g/mol. The number of aryl methyl sites for hydroxylation is 2. The number of likely N-dealkylation sites (tertiary alicyclic amines) is 1. The summed E-state index contributed by atoms with van der Waals surface area (Å²) in [5.74, 6) is 1.88. The van der Waals surface area contributed by atoms with Crippen molar-refractivity contribution in [2.75, 3.05) is 26.2 Å². The van der Waals surface area contributed by atoms with E-state index in [0.29, 0.717) is 19.2 Å². The Bertz CT molecular complexity index is 979. The van der Waals surface area contributed by atoms with Crippen molar-refractivity contribution in [1.82, 2.24) is 14.5 Å². The fourth-order valence-corrected chi connectivity index (χ4v) is 4.43. The molecule has 0 spiro atoms.